The summed E-state index contributed by atoms with van der Waals surface area (Å²) in [5.74, 6) is -1.27. The number of aromatic nitrogens is 2. The van der Waals surface area contributed by atoms with Crippen LogP contribution >= 0.6 is 11.6 Å². The molecule has 4 N–H and O–H groups in total. The minimum absolute atomic E-state index is 0.0154. The Morgan fingerprint density at radius 3 is 2.83 bits per heavy atom. The molecule has 1 aromatic heterocycles. The number of aliphatic hydroxyl groups is 1. The minimum Gasteiger partial charge on any atom is -0.390 e. The van der Waals surface area contributed by atoms with Crippen LogP contribution in [0.4, 0.5) is 15.9 Å². The summed E-state index contributed by atoms with van der Waals surface area (Å²) in [6, 6.07) is 6.16. The lowest BCUT2D eigenvalue weighted by Gasteiger charge is -2.39. The van der Waals surface area contributed by atoms with Crippen LogP contribution in [-0.4, -0.2) is 26.4 Å². The molecule has 0 radical (unpaired) electrons. The summed E-state index contributed by atoms with van der Waals surface area (Å²) >= 11 is 5.70. The molecule has 2 aromatic rings. The summed E-state index contributed by atoms with van der Waals surface area (Å²) in [5, 5.41) is 27.8. The van der Waals surface area contributed by atoms with Gasteiger partial charge in [0.05, 0.1) is 28.7 Å². The molecule has 152 valence electrons. The zero-order chi connectivity index (χ0) is 20.8. The lowest BCUT2D eigenvalue weighted by Crippen LogP contribution is -2.41. The van der Waals surface area contributed by atoms with Crippen molar-refractivity contribution in [2.24, 2.45) is 17.6 Å². The minimum atomic E-state index is -0.793. The number of nitriles is 1. The van der Waals surface area contributed by atoms with Crippen LogP contribution in [0.15, 0.2) is 24.4 Å². The molecule has 2 fully saturated rings. The Morgan fingerprint density at radius 2 is 2.21 bits per heavy atom. The van der Waals surface area contributed by atoms with Crippen LogP contribution in [-0.2, 0) is 0 Å². The average molecular weight is 418 g/mol. The van der Waals surface area contributed by atoms with Crippen LogP contribution in [0.5, 0.6) is 0 Å². The largest absolute Gasteiger partial charge is 0.390 e. The van der Waals surface area contributed by atoms with Gasteiger partial charge < -0.3 is 16.2 Å². The van der Waals surface area contributed by atoms with Crippen molar-refractivity contribution in [3.05, 3.63) is 40.8 Å². The fourth-order valence-electron chi connectivity index (χ4n) is 4.20. The number of primary amides is 1. The van der Waals surface area contributed by atoms with Gasteiger partial charge in [-0.15, -0.1) is 0 Å². The number of nitrogens with two attached hydrogens (primary N) is 1. The highest BCUT2D eigenvalue weighted by Crippen LogP contribution is 2.50. The lowest BCUT2D eigenvalue weighted by atomic mass is 9.73. The summed E-state index contributed by atoms with van der Waals surface area (Å²) < 4.78 is 15.3. The van der Waals surface area contributed by atoms with Crippen LogP contribution in [0.2, 0.25) is 5.02 Å². The first kappa shape index (κ1) is 19.7. The predicted octanol–water partition coefficient (Wildman–Crippen LogP) is 3.52. The number of rotatable bonds is 5. The second kappa shape index (κ2) is 7.32. The van der Waals surface area contributed by atoms with Crippen LogP contribution < -0.4 is 11.1 Å². The van der Waals surface area contributed by atoms with Crippen LogP contribution in [0.25, 0.3) is 0 Å². The first-order valence-electron chi connectivity index (χ1n) is 9.54. The van der Waals surface area contributed by atoms with Gasteiger partial charge in [0.15, 0.2) is 5.82 Å². The summed E-state index contributed by atoms with van der Waals surface area (Å²) in [7, 11) is 0. The van der Waals surface area contributed by atoms with Gasteiger partial charge >= 0.3 is 0 Å². The van der Waals surface area contributed by atoms with Crippen molar-refractivity contribution in [1.82, 2.24) is 9.78 Å². The maximum absolute atomic E-state index is 13.7. The maximum Gasteiger partial charge on any atom is 0.254 e. The maximum atomic E-state index is 13.7. The van der Waals surface area contributed by atoms with E-state index < -0.39 is 23.2 Å². The van der Waals surface area contributed by atoms with E-state index in [4.69, 9.17) is 17.3 Å². The van der Waals surface area contributed by atoms with E-state index in [-0.39, 0.29) is 28.4 Å². The summed E-state index contributed by atoms with van der Waals surface area (Å²) in [5.41, 5.74) is 5.20. The molecule has 1 amide bonds. The molecule has 2 saturated carbocycles. The molecule has 9 heteroatoms. The van der Waals surface area contributed by atoms with Gasteiger partial charge in [-0.3, -0.25) is 9.48 Å². The van der Waals surface area contributed by atoms with E-state index in [1.54, 1.807) is 10.7 Å². The van der Waals surface area contributed by atoms with Gasteiger partial charge in [-0.05, 0) is 56.2 Å². The first-order valence-corrected chi connectivity index (χ1v) is 9.91. The quantitative estimate of drug-likeness (QED) is 0.688. The van der Waals surface area contributed by atoms with Gasteiger partial charge in [-0.2, -0.15) is 10.4 Å². The summed E-state index contributed by atoms with van der Waals surface area (Å²) in [6.45, 7) is 0. The van der Waals surface area contributed by atoms with Crippen molar-refractivity contribution in [3.63, 3.8) is 0 Å². The van der Waals surface area contributed by atoms with Crippen molar-refractivity contribution in [2.45, 2.75) is 43.7 Å². The molecule has 1 heterocycles. The predicted molar refractivity (Wildman–Crippen MR) is 105 cm³/mol. The molecular weight excluding hydrogens is 397 g/mol. The Bertz CT molecular complexity index is 999. The second-order valence-electron chi connectivity index (χ2n) is 7.91. The van der Waals surface area contributed by atoms with Crippen molar-refractivity contribution in [1.29, 1.82) is 5.26 Å². The molecule has 1 aromatic carbocycles. The van der Waals surface area contributed by atoms with Gasteiger partial charge in [-0.25, -0.2) is 4.39 Å². The zero-order valence-electron chi connectivity index (χ0n) is 15.6. The third-order valence-corrected chi connectivity index (χ3v) is 6.24. The third-order valence-electron chi connectivity index (χ3n) is 5.93. The van der Waals surface area contributed by atoms with Crippen molar-refractivity contribution >= 4 is 29.0 Å². The number of halogens is 2. The van der Waals surface area contributed by atoms with Gasteiger partial charge in [0.25, 0.3) is 5.91 Å². The smallest absolute Gasteiger partial charge is 0.254 e. The van der Waals surface area contributed by atoms with Crippen molar-refractivity contribution in [2.75, 3.05) is 5.32 Å². The standard InChI is InChI=1S/C20H21ClFN5O2/c21-15-4-3-13(7-16(15)22)25-19-14(18(24)28)10-27(26-19)17-5-6-20(29,12-1-2-12)8-11(17)9-23/h3-4,7,10-12,17,29H,1-2,5-6,8H2,(H2,24,28)(H,25,26)/t11-,17+,20?/m1/s1. The number of carbonyl (C=O) groups excluding carboxylic acids is 1. The molecule has 0 aliphatic heterocycles. The highest BCUT2D eigenvalue weighted by molar-refractivity contribution is 6.30. The normalized spacial score (nSPS) is 26.7. The SMILES string of the molecule is N#C[C@H]1CC(O)(C2CC2)CC[C@@H]1n1cc(C(N)=O)c(Nc2ccc(Cl)c(F)c2)n1. The Balaban J connectivity index is 1.61. The topological polar surface area (TPSA) is 117 Å². The summed E-state index contributed by atoms with van der Waals surface area (Å²) in [6.07, 6.45) is 5.04. The van der Waals surface area contributed by atoms with E-state index in [2.05, 4.69) is 16.5 Å². The van der Waals surface area contributed by atoms with Gasteiger partial charge in [0.2, 0.25) is 0 Å². The van der Waals surface area contributed by atoms with Gasteiger partial charge in [0, 0.05) is 11.9 Å². The third kappa shape index (κ3) is 3.80. The number of hydrogen-bond acceptors (Lipinski definition) is 5. The highest BCUT2D eigenvalue weighted by atomic mass is 35.5. The number of hydrogen-bond donors (Lipinski definition) is 3. The molecule has 0 bridgehead atoms. The fourth-order valence-corrected chi connectivity index (χ4v) is 4.32. The highest BCUT2D eigenvalue weighted by Gasteiger charge is 2.49. The molecule has 3 atom stereocenters. The molecule has 29 heavy (non-hydrogen) atoms. The van der Waals surface area contributed by atoms with E-state index in [1.807, 2.05) is 0 Å². The molecule has 1 unspecified atom stereocenters. The monoisotopic (exact) mass is 417 g/mol. The lowest BCUT2D eigenvalue weighted by molar-refractivity contribution is -0.0415. The molecule has 0 saturated heterocycles. The van der Waals surface area contributed by atoms with Crippen molar-refractivity contribution in [3.8, 4) is 6.07 Å². The Labute approximate surface area is 172 Å². The Morgan fingerprint density at radius 1 is 1.45 bits per heavy atom. The van der Waals surface area contributed by atoms with Crippen LogP contribution in [0, 0.1) is 29.0 Å². The molecule has 0 spiro atoms. The van der Waals surface area contributed by atoms with Gasteiger partial charge in [-0.1, -0.05) is 11.6 Å². The molecule has 7 nitrogen and oxygen atoms in total. The number of nitrogens with one attached hydrogen (secondary N) is 1. The molecular formula is C20H21ClFN5O2. The molecule has 4 rings (SSSR count). The zero-order valence-corrected chi connectivity index (χ0v) is 16.4. The second-order valence-corrected chi connectivity index (χ2v) is 8.32. The van der Waals surface area contributed by atoms with E-state index in [1.165, 1.54) is 18.3 Å². The number of benzene rings is 1. The number of amides is 1. The summed E-state index contributed by atoms with van der Waals surface area (Å²) in [4.78, 5) is 11.9. The fraction of sp³-hybridized carbons (Fsp3) is 0.450. The molecule has 2 aliphatic carbocycles. The van der Waals surface area contributed by atoms with Crippen LogP contribution in [0.1, 0.15) is 48.5 Å². The average Bonchev–Trinajstić information content (AvgIpc) is 3.46. The van der Waals surface area contributed by atoms with Gasteiger partial charge in [0.1, 0.15) is 11.4 Å². The first-order chi connectivity index (χ1) is 13.8. The van der Waals surface area contributed by atoms with Crippen LogP contribution in [0.3, 0.4) is 0 Å². The van der Waals surface area contributed by atoms with E-state index >= 15 is 0 Å². The van der Waals surface area contributed by atoms with E-state index in [0.717, 1.165) is 12.8 Å². The Kier molecular flexibility index (Phi) is 4.97. The Hall–Kier alpha value is -2.63. The van der Waals surface area contributed by atoms with E-state index in [0.29, 0.717) is 24.9 Å². The number of carbonyl (C=O) groups is 1. The number of nitrogens with zero attached hydrogens (tertiary/aromatic N) is 3. The van der Waals surface area contributed by atoms with Crippen molar-refractivity contribution < 1.29 is 14.3 Å². The molecule has 2 aliphatic rings. The number of anilines is 2. The van der Waals surface area contributed by atoms with E-state index in [9.17, 15) is 19.6 Å².